The molecular formula is C12H12FN5O2. The van der Waals surface area contributed by atoms with E-state index in [4.69, 9.17) is 0 Å². The molecular weight excluding hydrogens is 265 g/mol. The third-order valence-electron chi connectivity index (χ3n) is 3.25. The Labute approximate surface area is 113 Å². The summed E-state index contributed by atoms with van der Waals surface area (Å²) in [6.07, 6.45) is 1.89. The van der Waals surface area contributed by atoms with Crippen LogP contribution in [0.25, 0.3) is 5.65 Å². The van der Waals surface area contributed by atoms with Crippen LogP contribution in [-0.4, -0.2) is 44.4 Å². The molecule has 7 nitrogen and oxygen atoms in total. The van der Waals surface area contributed by atoms with E-state index in [1.165, 1.54) is 29.9 Å². The van der Waals surface area contributed by atoms with E-state index >= 15 is 0 Å². The van der Waals surface area contributed by atoms with Crippen LogP contribution in [0, 0.1) is 5.82 Å². The summed E-state index contributed by atoms with van der Waals surface area (Å²) in [5.41, 5.74) is 0.474. The SMILES string of the molecule is CN1C(=O)CCC(Nc2nc3ccc(F)cn3n2)C1=O. The fourth-order valence-electron chi connectivity index (χ4n) is 2.12. The van der Waals surface area contributed by atoms with Crippen molar-refractivity contribution in [2.45, 2.75) is 18.9 Å². The van der Waals surface area contributed by atoms with Gasteiger partial charge in [0.25, 0.3) is 5.91 Å². The number of imide groups is 1. The van der Waals surface area contributed by atoms with E-state index in [0.29, 0.717) is 18.5 Å². The number of hydrogen-bond acceptors (Lipinski definition) is 5. The molecule has 0 bridgehead atoms. The van der Waals surface area contributed by atoms with Crippen molar-refractivity contribution in [2.24, 2.45) is 0 Å². The first-order chi connectivity index (χ1) is 9.54. The van der Waals surface area contributed by atoms with Gasteiger partial charge in [0.15, 0.2) is 5.65 Å². The number of halogens is 1. The summed E-state index contributed by atoms with van der Waals surface area (Å²) in [4.78, 5) is 28.5. The Morgan fingerprint density at radius 2 is 2.20 bits per heavy atom. The summed E-state index contributed by atoms with van der Waals surface area (Å²) in [7, 11) is 1.45. The highest BCUT2D eigenvalue weighted by Crippen LogP contribution is 2.16. The molecule has 1 saturated heterocycles. The van der Waals surface area contributed by atoms with E-state index < -0.39 is 11.9 Å². The van der Waals surface area contributed by atoms with Crippen molar-refractivity contribution in [3.05, 3.63) is 24.1 Å². The summed E-state index contributed by atoms with van der Waals surface area (Å²) in [6, 6.07) is 2.23. The Hall–Kier alpha value is -2.51. The number of likely N-dealkylation sites (N-methyl/N-ethyl adjacent to an activating group) is 1. The normalized spacial score (nSPS) is 19.7. The second kappa shape index (κ2) is 4.55. The van der Waals surface area contributed by atoms with Crippen LogP contribution in [0.4, 0.5) is 10.3 Å². The van der Waals surface area contributed by atoms with E-state index in [0.717, 1.165) is 4.90 Å². The maximum atomic E-state index is 13.1. The minimum Gasteiger partial charge on any atom is -0.341 e. The van der Waals surface area contributed by atoms with Crippen molar-refractivity contribution >= 4 is 23.4 Å². The summed E-state index contributed by atoms with van der Waals surface area (Å²) in [5, 5.41) is 6.93. The number of fused-ring (bicyclic) bond motifs is 1. The Balaban J connectivity index is 1.82. The maximum Gasteiger partial charge on any atom is 0.251 e. The van der Waals surface area contributed by atoms with Crippen LogP contribution in [0.15, 0.2) is 18.3 Å². The number of amides is 2. The predicted octanol–water partition coefficient (Wildman–Crippen LogP) is 0.428. The molecule has 2 aromatic rings. The Morgan fingerprint density at radius 3 is 3.00 bits per heavy atom. The van der Waals surface area contributed by atoms with E-state index in [9.17, 15) is 14.0 Å². The summed E-state index contributed by atoms with van der Waals surface area (Å²) in [5.74, 6) is -0.700. The van der Waals surface area contributed by atoms with Crippen LogP contribution in [-0.2, 0) is 9.59 Å². The second-order valence-corrected chi connectivity index (χ2v) is 4.61. The van der Waals surface area contributed by atoms with Crippen molar-refractivity contribution < 1.29 is 14.0 Å². The van der Waals surface area contributed by atoms with Gasteiger partial charge in [0, 0.05) is 13.5 Å². The topological polar surface area (TPSA) is 79.6 Å². The van der Waals surface area contributed by atoms with Gasteiger partial charge in [-0.15, -0.1) is 5.10 Å². The lowest BCUT2D eigenvalue weighted by atomic mass is 10.1. The zero-order valence-corrected chi connectivity index (χ0v) is 10.7. The molecule has 20 heavy (non-hydrogen) atoms. The standard InChI is InChI=1S/C12H12FN5O2/c1-17-10(19)5-3-8(11(17)20)14-12-15-9-4-2-7(13)6-18(9)16-12/h2,4,6,8H,3,5H2,1H3,(H,14,16). The van der Waals surface area contributed by atoms with Gasteiger partial charge >= 0.3 is 0 Å². The molecule has 0 spiro atoms. The van der Waals surface area contributed by atoms with E-state index in [2.05, 4.69) is 15.4 Å². The molecule has 2 amide bonds. The molecule has 1 N–H and O–H groups in total. The Morgan fingerprint density at radius 1 is 1.40 bits per heavy atom. The molecule has 1 aliphatic rings. The van der Waals surface area contributed by atoms with E-state index in [1.807, 2.05) is 0 Å². The maximum absolute atomic E-state index is 13.1. The molecule has 1 unspecified atom stereocenters. The van der Waals surface area contributed by atoms with Gasteiger partial charge in [-0.1, -0.05) is 0 Å². The molecule has 3 heterocycles. The first-order valence-electron chi connectivity index (χ1n) is 6.13. The minimum atomic E-state index is -0.542. The number of nitrogens with zero attached hydrogens (tertiary/aromatic N) is 4. The number of aromatic nitrogens is 3. The molecule has 1 fully saturated rings. The zero-order valence-electron chi connectivity index (χ0n) is 10.7. The number of likely N-dealkylation sites (tertiary alicyclic amines) is 1. The fraction of sp³-hybridized carbons (Fsp3) is 0.333. The molecule has 2 aromatic heterocycles. The quantitative estimate of drug-likeness (QED) is 0.805. The van der Waals surface area contributed by atoms with Crippen molar-refractivity contribution in [1.82, 2.24) is 19.5 Å². The van der Waals surface area contributed by atoms with Crippen LogP contribution in [0.3, 0.4) is 0 Å². The highest BCUT2D eigenvalue weighted by molar-refractivity contribution is 6.01. The van der Waals surface area contributed by atoms with Gasteiger partial charge in [0.1, 0.15) is 11.9 Å². The van der Waals surface area contributed by atoms with E-state index in [1.54, 1.807) is 0 Å². The van der Waals surface area contributed by atoms with Crippen LogP contribution in [0.2, 0.25) is 0 Å². The molecule has 0 saturated carbocycles. The summed E-state index contributed by atoms with van der Waals surface area (Å²) < 4.78 is 14.3. The van der Waals surface area contributed by atoms with Gasteiger partial charge in [0.05, 0.1) is 6.20 Å². The summed E-state index contributed by atoms with van der Waals surface area (Å²) >= 11 is 0. The number of rotatable bonds is 2. The molecule has 0 radical (unpaired) electrons. The highest BCUT2D eigenvalue weighted by Gasteiger charge is 2.32. The molecule has 1 atom stereocenters. The monoisotopic (exact) mass is 277 g/mol. The number of hydrogen-bond donors (Lipinski definition) is 1. The van der Waals surface area contributed by atoms with Gasteiger partial charge in [0.2, 0.25) is 11.9 Å². The predicted molar refractivity (Wildman–Crippen MR) is 67.4 cm³/mol. The van der Waals surface area contributed by atoms with Crippen molar-refractivity contribution in [3.63, 3.8) is 0 Å². The van der Waals surface area contributed by atoms with Gasteiger partial charge in [-0.2, -0.15) is 4.98 Å². The smallest absolute Gasteiger partial charge is 0.251 e. The number of nitrogens with one attached hydrogen (secondary N) is 1. The Bertz CT molecular complexity index is 698. The average molecular weight is 277 g/mol. The first kappa shape index (κ1) is 12.5. The largest absolute Gasteiger partial charge is 0.341 e. The lowest BCUT2D eigenvalue weighted by molar-refractivity contribution is -0.146. The van der Waals surface area contributed by atoms with E-state index in [-0.39, 0.29) is 17.8 Å². The van der Waals surface area contributed by atoms with Crippen molar-refractivity contribution in [3.8, 4) is 0 Å². The number of carbonyl (C=O) groups excluding carboxylic acids is 2. The highest BCUT2D eigenvalue weighted by atomic mass is 19.1. The van der Waals surface area contributed by atoms with Crippen LogP contribution in [0.1, 0.15) is 12.8 Å². The van der Waals surface area contributed by atoms with Crippen LogP contribution >= 0.6 is 0 Å². The summed E-state index contributed by atoms with van der Waals surface area (Å²) in [6.45, 7) is 0. The minimum absolute atomic E-state index is 0.196. The van der Waals surface area contributed by atoms with Crippen LogP contribution in [0.5, 0.6) is 0 Å². The second-order valence-electron chi connectivity index (χ2n) is 4.61. The van der Waals surface area contributed by atoms with Crippen LogP contribution < -0.4 is 5.32 Å². The molecule has 1 aliphatic heterocycles. The third kappa shape index (κ3) is 2.09. The third-order valence-corrected chi connectivity index (χ3v) is 3.25. The molecule has 104 valence electrons. The van der Waals surface area contributed by atoms with Gasteiger partial charge in [-0.05, 0) is 18.6 Å². The lowest BCUT2D eigenvalue weighted by Gasteiger charge is -2.27. The van der Waals surface area contributed by atoms with Crippen molar-refractivity contribution in [1.29, 1.82) is 0 Å². The number of anilines is 1. The number of pyridine rings is 1. The molecule has 8 heteroatoms. The van der Waals surface area contributed by atoms with Crippen molar-refractivity contribution in [2.75, 3.05) is 12.4 Å². The fourth-order valence-corrected chi connectivity index (χ4v) is 2.12. The van der Waals surface area contributed by atoms with Gasteiger partial charge in [-0.3, -0.25) is 14.5 Å². The number of piperidine rings is 1. The Kier molecular flexibility index (Phi) is 2.85. The number of carbonyl (C=O) groups is 2. The zero-order chi connectivity index (χ0) is 14.3. The molecule has 0 aliphatic carbocycles. The molecule has 3 rings (SSSR count). The van der Waals surface area contributed by atoms with Gasteiger partial charge in [-0.25, -0.2) is 8.91 Å². The van der Waals surface area contributed by atoms with Gasteiger partial charge < -0.3 is 5.32 Å². The average Bonchev–Trinajstić information content (AvgIpc) is 2.81. The lowest BCUT2D eigenvalue weighted by Crippen LogP contribution is -2.48. The first-order valence-corrected chi connectivity index (χ1v) is 6.13. The molecule has 0 aromatic carbocycles.